The molecule has 0 aliphatic carbocycles. The molecule has 1 amide bonds. The molecule has 0 atom stereocenters. The lowest BCUT2D eigenvalue weighted by molar-refractivity contribution is 0.0957. The summed E-state index contributed by atoms with van der Waals surface area (Å²) in [6.07, 6.45) is 0.849. The smallest absolute Gasteiger partial charge is 0.261 e. The summed E-state index contributed by atoms with van der Waals surface area (Å²) in [6.45, 7) is 5.15. The van der Waals surface area contributed by atoms with Crippen molar-refractivity contribution in [2.24, 2.45) is 4.99 Å². The van der Waals surface area contributed by atoms with Crippen LogP contribution in [0.15, 0.2) is 46.8 Å². The quantitative estimate of drug-likeness (QED) is 0.243. The Morgan fingerprint density at radius 2 is 1.80 bits per heavy atom. The molecule has 0 spiro atoms. The van der Waals surface area contributed by atoms with Gasteiger partial charge in [-0.25, -0.2) is 0 Å². The third-order valence-electron chi connectivity index (χ3n) is 4.90. The number of methoxy groups -OCH3 is 1. The molecule has 7 nitrogen and oxygen atoms in total. The molecule has 0 saturated carbocycles. The second kappa shape index (κ2) is 12.6. The van der Waals surface area contributed by atoms with E-state index in [0.717, 1.165) is 55.7 Å². The van der Waals surface area contributed by atoms with E-state index in [0.29, 0.717) is 6.54 Å². The van der Waals surface area contributed by atoms with Gasteiger partial charge >= 0.3 is 0 Å². The summed E-state index contributed by atoms with van der Waals surface area (Å²) in [4.78, 5) is 21.8. The minimum atomic E-state index is -0.000893. The Morgan fingerprint density at radius 1 is 1.10 bits per heavy atom. The van der Waals surface area contributed by atoms with Gasteiger partial charge in [-0.1, -0.05) is 6.07 Å². The third kappa shape index (κ3) is 6.76. The number of amides is 1. The zero-order valence-electron chi connectivity index (χ0n) is 17.5. The molecular formula is C21H30IN5O2S. The van der Waals surface area contributed by atoms with Crippen LogP contribution in [-0.4, -0.2) is 70.2 Å². The van der Waals surface area contributed by atoms with E-state index >= 15 is 0 Å². The van der Waals surface area contributed by atoms with Crippen LogP contribution in [0.25, 0.3) is 0 Å². The molecule has 1 aliphatic heterocycles. The molecule has 0 unspecified atom stereocenters. The summed E-state index contributed by atoms with van der Waals surface area (Å²) < 4.78 is 5.23. The van der Waals surface area contributed by atoms with E-state index in [1.54, 1.807) is 7.11 Å². The number of aliphatic imine (C=N–C) groups is 1. The topological polar surface area (TPSA) is 69.2 Å². The Balaban J connectivity index is 0.00000320. The van der Waals surface area contributed by atoms with Crippen molar-refractivity contribution < 1.29 is 9.53 Å². The van der Waals surface area contributed by atoms with Crippen molar-refractivity contribution in [2.45, 2.75) is 6.42 Å². The van der Waals surface area contributed by atoms with Gasteiger partial charge in [-0.3, -0.25) is 9.79 Å². The molecule has 2 N–H and O–H groups in total. The lowest BCUT2D eigenvalue weighted by atomic mass is 10.2. The van der Waals surface area contributed by atoms with E-state index in [4.69, 9.17) is 4.74 Å². The zero-order valence-corrected chi connectivity index (χ0v) is 20.6. The van der Waals surface area contributed by atoms with Gasteiger partial charge in [0.05, 0.1) is 12.0 Å². The Kier molecular flexibility index (Phi) is 10.2. The number of carbonyl (C=O) groups excluding carboxylic acids is 1. The van der Waals surface area contributed by atoms with Crippen LogP contribution >= 0.6 is 35.3 Å². The number of ether oxygens (including phenoxy) is 1. The monoisotopic (exact) mass is 543 g/mol. The molecule has 1 saturated heterocycles. The van der Waals surface area contributed by atoms with E-state index in [1.165, 1.54) is 17.0 Å². The first kappa shape index (κ1) is 24.3. The van der Waals surface area contributed by atoms with Crippen molar-refractivity contribution in [3.8, 4) is 5.75 Å². The number of piperazine rings is 1. The van der Waals surface area contributed by atoms with Crippen molar-refractivity contribution >= 4 is 52.9 Å². The predicted octanol–water partition coefficient (Wildman–Crippen LogP) is 2.89. The number of anilines is 1. The van der Waals surface area contributed by atoms with Gasteiger partial charge in [0, 0.05) is 52.0 Å². The molecule has 0 radical (unpaired) electrons. The fourth-order valence-corrected chi connectivity index (χ4v) is 3.93. The summed E-state index contributed by atoms with van der Waals surface area (Å²) in [5, 5.41) is 8.27. The fourth-order valence-electron chi connectivity index (χ4n) is 3.29. The largest absolute Gasteiger partial charge is 0.497 e. The van der Waals surface area contributed by atoms with Gasteiger partial charge in [-0.15, -0.1) is 35.3 Å². The van der Waals surface area contributed by atoms with Crippen LogP contribution in [0, 0.1) is 0 Å². The SMILES string of the molecule is CN=C(NCCCNC(=O)c1cccs1)N1CCN(c2ccc(OC)cc2)CC1.I. The first-order valence-electron chi connectivity index (χ1n) is 9.87. The standard InChI is InChI=1S/C21H29N5O2S.HI/c1-22-21(24-11-4-10-23-20(27)19-5-3-16-29-19)26-14-12-25(13-15-26)17-6-8-18(28-2)9-7-17;/h3,5-9,16H,4,10-15H2,1-2H3,(H,22,24)(H,23,27);1H. The number of thiophene rings is 1. The van der Waals surface area contributed by atoms with Crippen LogP contribution in [0.5, 0.6) is 5.75 Å². The first-order chi connectivity index (χ1) is 14.2. The van der Waals surface area contributed by atoms with Gasteiger partial charge in [0.1, 0.15) is 5.75 Å². The highest BCUT2D eigenvalue weighted by Crippen LogP contribution is 2.20. The lowest BCUT2D eigenvalue weighted by Gasteiger charge is -2.37. The van der Waals surface area contributed by atoms with Crippen LogP contribution in [0.1, 0.15) is 16.1 Å². The van der Waals surface area contributed by atoms with Gasteiger partial charge in [0.2, 0.25) is 0 Å². The van der Waals surface area contributed by atoms with E-state index < -0.39 is 0 Å². The molecule has 2 heterocycles. The molecule has 30 heavy (non-hydrogen) atoms. The number of hydrogen-bond donors (Lipinski definition) is 2. The van der Waals surface area contributed by atoms with E-state index in [1.807, 2.05) is 36.7 Å². The number of hydrogen-bond acceptors (Lipinski definition) is 5. The van der Waals surface area contributed by atoms with Gasteiger partial charge in [0.15, 0.2) is 5.96 Å². The third-order valence-corrected chi connectivity index (χ3v) is 5.76. The van der Waals surface area contributed by atoms with Crippen molar-refractivity contribution in [3.63, 3.8) is 0 Å². The number of rotatable bonds is 7. The average molecular weight is 543 g/mol. The van der Waals surface area contributed by atoms with Crippen molar-refractivity contribution in [1.82, 2.24) is 15.5 Å². The molecule has 2 aromatic rings. The summed E-state index contributed by atoms with van der Waals surface area (Å²) in [5.41, 5.74) is 1.22. The molecule has 1 aliphatic rings. The summed E-state index contributed by atoms with van der Waals surface area (Å²) in [7, 11) is 3.50. The Labute approximate surface area is 199 Å². The lowest BCUT2D eigenvalue weighted by Crippen LogP contribution is -2.52. The van der Waals surface area contributed by atoms with Gasteiger partial charge in [-0.2, -0.15) is 0 Å². The highest BCUT2D eigenvalue weighted by Gasteiger charge is 2.19. The van der Waals surface area contributed by atoms with E-state index in [2.05, 4.69) is 37.6 Å². The maximum absolute atomic E-state index is 11.9. The maximum atomic E-state index is 11.9. The maximum Gasteiger partial charge on any atom is 0.261 e. The molecule has 0 bridgehead atoms. The molecule has 9 heteroatoms. The van der Waals surface area contributed by atoms with Gasteiger partial charge in [0.25, 0.3) is 5.91 Å². The minimum absolute atomic E-state index is 0. The second-order valence-corrected chi connectivity index (χ2v) is 7.68. The predicted molar refractivity (Wildman–Crippen MR) is 135 cm³/mol. The zero-order chi connectivity index (χ0) is 20.5. The normalized spacial score (nSPS) is 14.1. The summed E-state index contributed by atoms with van der Waals surface area (Å²) >= 11 is 1.46. The van der Waals surface area contributed by atoms with Crippen LogP contribution in [0.2, 0.25) is 0 Å². The number of guanidine groups is 1. The van der Waals surface area contributed by atoms with Crippen molar-refractivity contribution in [1.29, 1.82) is 0 Å². The Morgan fingerprint density at radius 3 is 2.40 bits per heavy atom. The summed E-state index contributed by atoms with van der Waals surface area (Å²) in [6, 6.07) is 11.9. The highest BCUT2D eigenvalue weighted by atomic mass is 127. The number of carbonyl (C=O) groups is 1. The van der Waals surface area contributed by atoms with Crippen LogP contribution in [-0.2, 0) is 0 Å². The van der Waals surface area contributed by atoms with E-state index in [9.17, 15) is 4.79 Å². The first-order valence-corrected chi connectivity index (χ1v) is 10.8. The Hall–Kier alpha value is -2.01. The molecule has 1 aromatic heterocycles. The number of nitrogens with zero attached hydrogens (tertiary/aromatic N) is 3. The second-order valence-electron chi connectivity index (χ2n) is 6.73. The average Bonchev–Trinajstić information content (AvgIpc) is 3.31. The number of benzene rings is 1. The van der Waals surface area contributed by atoms with Crippen LogP contribution < -0.4 is 20.3 Å². The highest BCUT2D eigenvalue weighted by molar-refractivity contribution is 14.0. The number of halogens is 1. The molecule has 164 valence electrons. The molecule has 1 fully saturated rings. The number of nitrogens with one attached hydrogen (secondary N) is 2. The van der Waals surface area contributed by atoms with Gasteiger partial charge in [-0.05, 0) is 42.1 Å². The van der Waals surface area contributed by atoms with Crippen molar-refractivity contribution in [3.05, 3.63) is 46.7 Å². The van der Waals surface area contributed by atoms with E-state index in [-0.39, 0.29) is 29.9 Å². The van der Waals surface area contributed by atoms with Crippen molar-refractivity contribution in [2.75, 3.05) is 58.3 Å². The molecule has 1 aromatic carbocycles. The van der Waals surface area contributed by atoms with Gasteiger partial charge < -0.3 is 25.2 Å². The molecule has 3 rings (SSSR count). The van der Waals surface area contributed by atoms with Crippen LogP contribution in [0.4, 0.5) is 5.69 Å². The molecular weight excluding hydrogens is 513 g/mol. The fraction of sp³-hybridized carbons (Fsp3) is 0.429. The van der Waals surface area contributed by atoms with Crippen LogP contribution in [0.3, 0.4) is 0 Å². The minimum Gasteiger partial charge on any atom is -0.497 e. The Bertz CT molecular complexity index is 790. The summed E-state index contributed by atoms with van der Waals surface area (Å²) in [5.74, 6) is 1.80.